The van der Waals surface area contributed by atoms with Crippen LogP contribution in [0, 0.1) is 5.82 Å². The van der Waals surface area contributed by atoms with Crippen LogP contribution in [-0.2, 0) is 6.61 Å². The lowest BCUT2D eigenvalue weighted by atomic mass is 10.2. The minimum absolute atomic E-state index is 0.0599. The topological polar surface area (TPSA) is 18.5 Å². The van der Waals surface area contributed by atoms with E-state index in [9.17, 15) is 4.39 Å². The highest BCUT2D eigenvalue weighted by Crippen LogP contribution is 2.38. The van der Waals surface area contributed by atoms with Crippen LogP contribution < -0.4 is 9.16 Å². The van der Waals surface area contributed by atoms with Gasteiger partial charge in [-0.2, -0.15) is 0 Å². The van der Waals surface area contributed by atoms with E-state index in [0.29, 0.717) is 18.1 Å². The quantitative estimate of drug-likeness (QED) is 0.645. The lowest BCUT2D eigenvalue weighted by Crippen LogP contribution is -2.43. The fourth-order valence-electron chi connectivity index (χ4n) is 1.87. The Morgan fingerprint density at radius 3 is 2.17 bits per heavy atom. The lowest BCUT2D eigenvalue weighted by molar-refractivity contribution is 0.303. The second kappa shape index (κ2) is 6.75. The molecule has 4 heteroatoms. The van der Waals surface area contributed by atoms with E-state index < -0.39 is 8.32 Å². The van der Waals surface area contributed by atoms with Crippen molar-refractivity contribution in [1.29, 1.82) is 0 Å². The monoisotopic (exact) mass is 332 g/mol. The molecule has 0 spiro atoms. The molecule has 0 radical (unpaired) electrons. The van der Waals surface area contributed by atoms with Gasteiger partial charge in [0.25, 0.3) is 0 Å². The highest BCUT2D eigenvalue weighted by atomic mass is 28.4. The smallest absolute Gasteiger partial charge is 0.250 e. The summed E-state index contributed by atoms with van der Waals surface area (Å²) in [5, 5.41) is 0.0599. The zero-order valence-electron chi connectivity index (χ0n) is 14.5. The van der Waals surface area contributed by atoms with E-state index in [0.717, 1.165) is 5.56 Å². The predicted octanol–water partition coefficient (Wildman–Crippen LogP) is 5.79. The van der Waals surface area contributed by atoms with Crippen LogP contribution in [-0.4, -0.2) is 8.32 Å². The summed E-state index contributed by atoms with van der Waals surface area (Å²) in [6.45, 7) is 11.2. The average Bonchev–Trinajstić information content (AvgIpc) is 2.44. The van der Waals surface area contributed by atoms with Gasteiger partial charge in [0.2, 0.25) is 8.32 Å². The van der Waals surface area contributed by atoms with Gasteiger partial charge < -0.3 is 9.16 Å². The highest BCUT2D eigenvalue weighted by Gasteiger charge is 2.39. The summed E-state index contributed by atoms with van der Waals surface area (Å²) >= 11 is 0. The first-order valence-electron chi connectivity index (χ1n) is 7.84. The number of benzene rings is 2. The Hall–Kier alpha value is -1.81. The van der Waals surface area contributed by atoms with Gasteiger partial charge in [-0.15, -0.1) is 0 Å². The molecule has 0 amide bonds. The van der Waals surface area contributed by atoms with Crippen molar-refractivity contribution in [2.24, 2.45) is 0 Å². The predicted molar refractivity (Wildman–Crippen MR) is 95.0 cm³/mol. The normalized spacial score (nSPS) is 12.1. The van der Waals surface area contributed by atoms with Crippen LogP contribution in [0.15, 0.2) is 48.5 Å². The summed E-state index contributed by atoms with van der Waals surface area (Å²) in [6, 6.07) is 14.4. The van der Waals surface area contributed by atoms with Gasteiger partial charge in [-0.3, -0.25) is 0 Å². The summed E-state index contributed by atoms with van der Waals surface area (Å²) in [4.78, 5) is 0. The van der Waals surface area contributed by atoms with Crippen molar-refractivity contribution in [3.05, 3.63) is 59.9 Å². The van der Waals surface area contributed by atoms with Gasteiger partial charge in [-0.05, 0) is 23.7 Å². The van der Waals surface area contributed by atoms with Gasteiger partial charge in [0.1, 0.15) is 23.9 Å². The number of halogens is 1. The maximum Gasteiger partial charge on any atom is 0.250 e. The molecular formula is C19H25FO2Si. The Morgan fingerprint density at radius 2 is 1.57 bits per heavy atom. The van der Waals surface area contributed by atoms with Crippen LogP contribution in [0.2, 0.25) is 18.1 Å². The minimum atomic E-state index is -2.00. The SMILES string of the molecule is CC(C)(C)[Si](C)(C)Oc1cc(F)cc(OCc2ccccc2)c1. The maximum atomic E-state index is 13.9. The van der Waals surface area contributed by atoms with Gasteiger partial charge in [-0.25, -0.2) is 4.39 Å². The molecule has 0 aliphatic heterocycles. The average molecular weight is 332 g/mol. The van der Waals surface area contributed by atoms with Crippen LogP contribution >= 0.6 is 0 Å². The van der Waals surface area contributed by atoms with E-state index in [4.69, 9.17) is 9.16 Å². The van der Waals surface area contributed by atoms with Gasteiger partial charge >= 0.3 is 0 Å². The molecule has 0 atom stereocenters. The molecule has 0 saturated carbocycles. The van der Waals surface area contributed by atoms with E-state index in [1.54, 1.807) is 6.07 Å². The third-order valence-electron chi connectivity index (χ3n) is 4.27. The number of rotatable bonds is 5. The third kappa shape index (κ3) is 4.83. The first kappa shape index (κ1) is 17.5. The second-order valence-corrected chi connectivity index (χ2v) is 12.0. The van der Waals surface area contributed by atoms with Crippen LogP contribution in [0.4, 0.5) is 4.39 Å². The molecule has 2 rings (SSSR count). The Bertz CT molecular complexity index is 648. The molecule has 0 aromatic heterocycles. The van der Waals surface area contributed by atoms with Crippen molar-refractivity contribution in [2.75, 3.05) is 0 Å². The van der Waals surface area contributed by atoms with Crippen LogP contribution in [0.5, 0.6) is 11.5 Å². The zero-order valence-corrected chi connectivity index (χ0v) is 15.5. The van der Waals surface area contributed by atoms with E-state index in [-0.39, 0.29) is 10.9 Å². The first-order chi connectivity index (χ1) is 10.7. The molecule has 2 aromatic carbocycles. The number of ether oxygens (including phenoxy) is 1. The summed E-state index contributed by atoms with van der Waals surface area (Å²) < 4.78 is 25.7. The standard InChI is InChI=1S/C19H25FO2Si/c1-19(2,3)23(4,5)22-18-12-16(20)11-17(13-18)21-14-15-9-7-6-8-10-15/h6-13H,14H2,1-5H3. The molecule has 0 unspecified atom stereocenters. The molecule has 0 fully saturated rings. The molecule has 2 aromatic rings. The molecule has 0 N–H and O–H groups in total. The molecule has 0 heterocycles. The maximum absolute atomic E-state index is 13.9. The molecule has 2 nitrogen and oxygen atoms in total. The van der Waals surface area contributed by atoms with Gasteiger partial charge in [0.05, 0.1) is 0 Å². The zero-order chi connectivity index (χ0) is 17.1. The Kier molecular flexibility index (Phi) is 5.15. The number of hydrogen-bond acceptors (Lipinski definition) is 2. The molecular weight excluding hydrogens is 307 g/mol. The first-order valence-corrected chi connectivity index (χ1v) is 10.7. The summed E-state index contributed by atoms with van der Waals surface area (Å²) in [5.41, 5.74) is 1.05. The minimum Gasteiger partial charge on any atom is -0.543 e. The molecule has 0 bridgehead atoms. The summed E-state index contributed by atoms with van der Waals surface area (Å²) in [7, 11) is -2.00. The highest BCUT2D eigenvalue weighted by molar-refractivity contribution is 6.74. The van der Waals surface area contributed by atoms with Gasteiger partial charge in [-0.1, -0.05) is 51.1 Å². The third-order valence-corrected chi connectivity index (χ3v) is 8.63. The van der Waals surface area contributed by atoms with E-state index in [1.807, 2.05) is 30.3 Å². The molecule has 23 heavy (non-hydrogen) atoms. The van der Waals surface area contributed by atoms with Gasteiger partial charge in [0.15, 0.2) is 0 Å². The molecule has 0 saturated heterocycles. The van der Waals surface area contributed by atoms with E-state index in [2.05, 4.69) is 33.9 Å². The van der Waals surface area contributed by atoms with Crippen molar-refractivity contribution in [2.45, 2.75) is 45.5 Å². The van der Waals surface area contributed by atoms with Crippen LogP contribution in [0.25, 0.3) is 0 Å². The fraction of sp³-hybridized carbons (Fsp3) is 0.368. The van der Waals surface area contributed by atoms with Crippen molar-refractivity contribution in [1.82, 2.24) is 0 Å². The summed E-state index contributed by atoms with van der Waals surface area (Å²) in [5.74, 6) is 0.687. The molecule has 0 aliphatic carbocycles. The Balaban J connectivity index is 2.13. The van der Waals surface area contributed by atoms with E-state index >= 15 is 0 Å². The fourth-order valence-corrected chi connectivity index (χ4v) is 2.88. The molecule has 0 aliphatic rings. The van der Waals surface area contributed by atoms with Crippen molar-refractivity contribution >= 4 is 8.32 Å². The number of hydrogen-bond donors (Lipinski definition) is 0. The molecule has 124 valence electrons. The van der Waals surface area contributed by atoms with Gasteiger partial charge in [0, 0.05) is 18.2 Å². The van der Waals surface area contributed by atoms with Crippen LogP contribution in [0.3, 0.4) is 0 Å². The summed E-state index contributed by atoms with van der Waals surface area (Å²) in [6.07, 6.45) is 0. The second-order valence-electron chi connectivity index (χ2n) is 7.26. The van der Waals surface area contributed by atoms with Crippen molar-refractivity contribution < 1.29 is 13.6 Å². The van der Waals surface area contributed by atoms with Crippen molar-refractivity contribution in [3.63, 3.8) is 0 Å². The van der Waals surface area contributed by atoms with Crippen LogP contribution in [0.1, 0.15) is 26.3 Å². The Labute approximate surface area is 139 Å². The van der Waals surface area contributed by atoms with E-state index in [1.165, 1.54) is 12.1 Å². The Morgan fingerprint density at radius 1 is 0.957 bits per heavy atom. The van der Waals surface area contributed by atoms with Crippen molar-refractivity contribution in [3.8, 4) is 11.5 Å². The largest absolute Gasteiger partial charge is 0.543 e. The lowest BCUT2D eigenvalue weighted by Gasteiger charge is -2.36.